The number of rotatable bonds is 2. The second-order valence-electron chi connectivity index (χ2n) is 3.99. The molecule has 1 aliphatic carbocycles. The summed E-state index contributed by atoms with van der Waals surface area (Å²) in [6, 6.07) is 6.32. The van der Waals surface area contributed by atoms with Crippen LogP contribution in [0.5, 0.6) is 0 Å². The number of hydrogen-bond acceptors (Lipinski definition) is 3. The zero-order valence-electron chi connectivity index (χ0n) is 10.00. The molecule has 19 heavy (non-hydrogen) atoms. The number of aryl methyl sites for hydroxylation is 1. The van der Waals surface area contributed by atoms with Gasteiger partial charge in [-0.3, -0.25) is 4.79 Å². The van der Waals surface area contributed by atoms with Crippen molar-refractivity contribution < 1.29 is 13.2 Å². The van der Waals surface area contributed by atoms with Gasteiger partial charge in [0.15, 0.2) is 5.78 Å². The fraction of sp³-hybridized carbons (Fsp3) is 0.0769. The van der Waals surface area contributed by atoms with Crippen molar-refractivity contribution in [3.8, 4) is 0 Å². The lowest BCUT2D eigenvalue weighted by Gasteiger charge is -2.05. The molecule has 0 amide bonds. The van der Waals surface area contributed by atoms with Crippen LogP contribution in [0.3, 0.4) is 0 Å². The zero-order chi connectivity index (χ0) is 14.0. The average Bonchev–Trinajstić information content (AvgIpc) is 2.33. The highest BCUT2D eigenvalue weighted by Crippen LogP contribution is 2.18. The van der Waals surface area contributed by atoms with E-state index in [-0.39, 0.29) is 21.4 Å². The summed E-state index contributed by atoms with van der Waals surface area (Å²) in [5.74, 6) is -0.295. The minimum absolute atomic E-state index is 0.0168. The Morgan fingerprint density at radius 1 is 1.11 bits per heavy atom. The van der Waals surface area contributed by atoms with E-state index in [1.165, 1.54) is 24.3 Å². The van der Waals surface area contributed by atoms with Crippen LogP contribution in [0.1, 0.15) is 5.56 Å². The van der Waals surface area contributed by atoms with Gasteiger partial charge in [-0.15, -0.1) is 0 Å². The maximum atomic E-state index is 12.0. The molecule has 0 heterocycles. The van der Waals surface area contributed by atoms with Gasteiger partial charge in [-0.25, -0.2) is 0 Å². The normalized spacial score (nSPS) is 17.7. The molecule has 0 saturated heterocycles. The molecule has 0 N–H and O–H groups in total. The number of nitrogens with zero attached hydrogens (tertiary/aromatic N) is 1. The van der Waals surface area contributed by atoms with E-state index in [2.05, 4.69) is 4.40 Å². The van der Waals surface area contributed by atoms with Crippen molar-refractivity contribution >= 4 is 33.1 Å². The van der Waals surface area contributed by atoms with Crippen LogP contribution in [-0.2, 0) is 14.8 Å². The molecule has 0 atom stereocenters. The summed E-state index contributed by atoms with van der Waals surface area (Å²) >= 11 is 5.79. The van der Waals surface area contributed by atoms with Crippen LogP contribution in [0.25, 0.3) is 0 Å². The first-order chi connectivity index (χ1) is 8.88. The summed E-state index contributed by atoms with van der Waals surface area (Å²) in [4.78, 5) is 11.1. The fourth-order valence-corrected chi connectivity index (χ4v) is 2.72. The van der Waals surface area contributed by atoms with Gasteiger partial charge in [-0.1, -0.05) is 29.3 Å². The lowest BCUT2D eigenvalue weighted by Crippen LogP contribution is -2.08. The number of ketones is 1. The summed E-state index contributed by atoms with van der Waals surface area (Å²) in [6.07, 6.45) is 3.64. The lowest BCUT2D eigenvalue weighted by atomic mass is 10.2. The minimum Gasteiger partial charge on any atom is -0.290 e. The highest BCUT2D eigenvalue weighted by molar-refractivity contribution is 7.90. The minimum atomic E-state index is -3.83. The van der Waals surface area contributed by atoms with Gasteiger partial charge in [0.05, 0.1) is 15.6 Å². The molecule has 4 nitrogen and oxygen atoms in total. The smallest absolute Gasteiger partial charge is 0.282 e. The molecule has 98 valence electrons. The number of carbonyl (C=O) groups excluding carboxylic acids is 1. The Hall–Kier alpha value is -1.72. The summed E-state index contributed by atoms with van der Waals surface area (Å²) in [5.41, 5.74) is 1.01. The van der Waals surface area contributed by atoms with Crippen molar-refractivity contribution in [3.05, 3.63) is 53.1 Å². The van der Waals surface area contributed by atoms with Gasteiger partial charge in [0.25, 0.3) is 10.0 Å². The van der Waals surface area contributed by atoms with E-state index in [0.29, 0.717) is 0 Å². The SMILES string of the molecule is Cc1ccc(S(=O)(=O)/N=C2/C=CC(=O)C=C2Cl)cc1. The molecule has 6 heteroatoms. The van der Waals surface area contributed by atoms with E-state index in [4.69, 9.17) is 11.6 Å². The molecule has 0 saturated carbocycles. The van der Waals surface area contributed by atoms with Crippen molar-refractivity contribution in [2.45, 2.75) is 11.8 Å². The highest BCUT2D eigenvalue weighted by atomic mass is 35.5. The van der Waals surface area contributed by atoms with E-state index < -0.39 is 10.0 Å². The second-order valence-corrected chi connectivity index (χ2v) is 6.00. The van der Waals surface area contributed by atoms with Gasteiger partial charge in [0.2, 0.25) is 0 Å². The van der Waals surface area contributed by atoms with Crippen LogP contribution in [0.2, 0.25) is 0 Å². The largest absolute Gasteiger partial charge is 0.290 e. The average molecular weight is 296 g/mol. The van der Waals surface area contributed by atoms with Gasteiger partial charge >= 0.3 is 0 Å². The van der Waals surface area contributed by atoms with Gasteiger partial charge in [-0.2, -0.15) is 12.8 Å². The summed E-state index contributed by atoms with van der Waals surface area (Å²) in [6.45, 7) is 1.86. The molecule has 0 bridgehead atoms. The number of sulfonamides is 1. The number of benzene rings is 1. The predicted octanol–water partition coefficient (Wildman–Crippen LogP) is 2.39. The molecular weight excluding hydrogens is 286 g/mol. The Kier molecular flexibility index (Phi) is 3.68. The molecular formula is C13H10ClNO3S. The standard InChI is InChI=1S/C13H10ClNO3S/c1-9-2-5-11(6-3-9)19(17,18)15-13-7-4-10(16)8-12(13)14/h2-8H,1H3/b15-13-. The summed E-state index contributed by atoms with van der Waals surface area (Å²) in [5, 5.41) is 0.0168. The molecule has 0 aliphatic heterocycles. The van der Waals surface area contributed by atoms with Gasteiger partial charge < -0.3 is 0 Å². The van der Waals surface area contributed by atoms with Gasteiger partial charge in [-0.05, 0) is 31.2 Å². The van der Waals surface area contributed by atoms with Crippen molar-refractivity contribution in [3.63, 3.8) is 0 Å². The van der Waals surface area contributed by atoms with E-state index in [1.54, 1.807) is 12.1 Å². The van der Waals surface area contributed by atoms with Crippen molar-refractivity contribution in [2.75, 3.05) is 0 Å². The van der Waals surface area contributed by atoms with Crippen molar-refractivity contribution in [1.29, 1.82) is 0 Å². The number of carbonyl (C=O) groups is 1. The van der Waals surface area contributed by atoms with Gasteiger partial charge in [0, 0.05) is 6.08 Å². The molecule has 0 spiro atoms. The van der Waals surface area contributed by atoms with E-state index in [1.807, 2.05) is 6.92 Å². The van der Waals surface area contributed by atoms with Gasteiger partial charge in [0.1, 0.15) is 0 Å². The summed E-state index contributed by atoms with van der Waals surface area (Å²) < 4.78 is 27.7. The van der Waals surface area contributed by atoms with E-state index in [9.17, 15) is 13.2 Å². The Labute approximate surface area is 116 Å². The first-order valence-corrected chi connectivity index (χ1v) is 7.21. The molecule has 1 aromatic rings. The summed E-state index contributed by atoms with van der Waals surface area (Å²) in [7, 11) is -3.83. The van der Waals surface area contributed by atoms with E-state index in [0.717, 1.165) is 11.6 Å². The maximum Gasteiger partial charge on any atom is 0.282 e. The Morgan fingerprint density at radius 2 is 1.74 bits per heavy atom. The Bertz CT molecular complexity index is 713. The molecule has 0 aromatic heterocycles. The molecule has 0 unspecified atom stereocenters. The molecule has 1 aromatic carbocycles. The number of allylic oxidation sites excluding steroid dienone is 4. The predicted molar refractivity (Wildman–Crippen MR) is 73.9 cm³/mol. The topological polar surface area (TPSA) is 63.6 Å². The Balaban J connectivity index is 2.42. The number of hydrogen-bond donors (Lipinski definition) is 0. The molecule has 0 radical (unpaired) electrons. The molecule has 1 aliphatic rings. The van der Waals surface area contributed by atoms with E-state index >= 15 is 0 Å². The van der Waals surface area contributed by atoms with Crippen LogP contribution < -0.4 is 0 Å². The second kappa shape index (κ2) is 5.11. The van der Waals surface area contributed by atoms with Crippen LogP contribution in [0.15, 0.2) is 56.8 Å². The Morgan fingerprint density at radius 3 is 2.32 bits per heavy atom. The number of halogens is 1. The third-order valence-electron chi connectivity index (χ3n) is 2.46. The third kappa shape index (κ3) is 3.19. The monoisotopic (exact) mass is 295 g/mol. The maximum absolute atomic E-state index is 12.0. The molecule has 2 rings (SSSR count). The highest BCUT2D eigenvalue weighted by Gasteiger charge is 2.16. The third-order valence-corrected chi connectivity index (χ3v) is 4.06. The van der Waals surface area contributed by atoms with Crippen LogP contribution in [0, 0.1) is 6.92 Å². The first kappa shape index (κ1) is 13.7. The fourth-order valence-electron chi connectivity index (χ4n) is 1.45. The van der Waals surface area contributed by atoms with Crippen molar-refractivity contribution in [2.24, 2.45) is 4.40 Å². The first-order valence-electron chi connectivity index (χ1n) is 5.40. The lowest BCUT2D eigenvalue weighted by molar-refractivity contribution is -0.110. The molecule has 0 fully saturated rings. The van der Waals surface area contributed by atoms with Crippen LogP contribution in [-0.4, -0.2) is 19.9 Å². The van der Waals surface area contributed by atoms with Crippen molar-refractivity contribution in [1.82, 2.24) is 0 Å². The quantitative estimate of drug-likeness (QED) is 0.787. The van der Waals surface area contributed by atoms with Crippen LogP contribution >= 0.6 is 11.6 Å². The van der Waals surface area contributed by atoms with Crippen LogP contribution in [0.4, 0.5) is 0 Å². The zero-order valence-corrected chi connectivity index (χ0v) is 11.6.